The number of nitrogens with zero attached hydrogens (tertiary/aromatic N) is 1. The van der Waals surface area contributed by atoms with E-state index in [1.807, 2.05) is 31.2 Å². The topological polar surface area (TPSA) is 48.4 Å². The third-order valence-corrected chi connectivity index (χ3v) is 3.21. The third-order valence-electron chi connectivity index (χ3n) is 3.21. The van der Waals surface area contributed by atoms with Crippen molar-refractivity contribution in [1.29, 1.82) is 0 Å². The van der Waals surface area contributed by atoms with Gasteiger partial charge in [0.15, 0.2) is 0 Å². The Labute approximate surface area is 124 Å². The van der Waals surface area contributed by atoms with E-state index < -0.39 is 0 Å². The molecule has 0 radical (unpaired) electrons. The van der Waals surface area contributed by atoms with Crippen molar-refractivity contribution in [3.05, 3.63) is 47.2 Å². The molecule has 0 saturated heterocycles. The first-order valence-corrected chi connectivity index (χ1v) is 6.86. The van der Waals surface area contributed by atoms with Gasteiger partial charge >= 0.3 is 5.97 Å². The Morgan fingerprint density at radius 3 is 2.57 bits per heavy atom. The molecule has 0 bridgehead atoms. The van der Waals surface area contributed by atoms with Gasteiger partial charge in [-0.2, -0.15) is 0 Å². The highest BCUT2D eigenvalue weighted by Crippen LogP contribution is 2.30. The summed E-state index contributed by atoms with van der Waals surface area (Å²) in [7, 11) is 1.63. The molecule has 2 rings (SSSR count). The molecule has 2 aromatic rings. The summed E-state index contributed by atoms with van der Waals surface area (Å²) in [5, 5.41) is 0. The van der Waals surface area contributed by atoms with Crippen LogP contribution in [0.1, 0.15) is 28.5 Å². The normalized spacial score (nSPS) is 10.3. The first-order valence-electron chi connectivity index (χ1n) is 6.86. The van der Waals surface area contributed by atoms with E-state index in [4.69, 9.17) is 9.47 Å². The number of carbonyl (C=O) groups is 1. The molecule has 0 aliphatic rings. The largest absolute Gasteiger partial charge is 0.496 e. The SMILES string of the molecule is CCOC(=O)c1ccc(-c2cc(C)ccc2OC)nc1C. The van der Waals surface area contributed by atoms with E-state index in [0.717, 1.165) is 22.6 Å². The summed E-state index contributed by atoms with van der Waals surface area (Å²) in [4.78, 5) is 16.3. The minimum Gasteiger partial charge on any atom is -0.496 e. The molecule has 0 aliphatic carbocycles. The lowest BCUT2D eigenvalue weighted by atomic mass is 10.1. The van der Waals surface area contributed by atoms with Crippen molar-refractivity contribution >= 4 is 5.97 Å². The van der Waals surface area contributed by atoms with E-state index in [9.17, 15) is 4.79 Å². The maximum absolute atomic E-state index is 11.8. The van der Waals surface area contributed by atoms with E-state index in [2.05, 4.69) is 4.98 Å². The zero-order valence-electron chi connectivity index (χ0n) is 12.8. The Kier molecular flexibility index (Phi) is 4.58. The summed E-state index contributed by atoms with van der Waals surface area (Å²) in [6.07, 6.45) is 0. The van der Waals surface area contributed by atoms with Crippen LogP contribution in [-0.2, 0) is 4.74 Å². The van der Waals surface area contributed by atoms with E-state index in [0.29, 0.717) is 17.9 Å². The molecule has 1 heterocycles. The van der Waals surface area contributed by atoms with E-state index in [-0.39, 0.29) is 5.97 Å². The summed E-state index contributed by atoms with van der Waals surface area (Å²) in [6.45, 7) is 5.96. The maximum Gasteiger partial charge on any atom is 0.339 e. The molecule has 4 heteroatoms. The van der Waals surface area contributed by atoms with Crippen molar-refractivity contribution in [2.45, 2.75) is 20.8 Å². The Hall–Kier alpha value is -2.36. The van der Waals surface area contributed by atoms with Gasteiger partial charge in [0.1, 0.15) is 5.75 Å². The minimum atomic E-state index is -0.342. The molecule has 0 N–H and O–H groups in total. The van der Waals surface area contributed by atoms with Crippen LogP contribution in [0.3, 0.4) is 0 Å². The molecule has 0 atom stereocenters. The van der Waals surface area contributed by atoms with Crippen LogP contribution >= 0.6 is 0 Å². The van der Waals surface area contributed by atoms with E-state index >= 15 is 0 Å². The number of pyridine rings is 1. The van der Waals surface area contributed by atoms with Gasteiger partial charge in [0, 0.05) is 5.56 Å². The maximum atomic E-state index is 11.8. The van der Waals surface area contributed by atoms with Gasteiger partial charge in [0.2, 0.25) is 0 Å². The van der Waals surface area contributed by atoms with Gasteiger partial charge in [-0.3, -0.25) is 4.98 Å². The lowest BCUT2D eigenvalue weighted by Crippen LogP contribution is -2.08. The molecule has 1 aromatic carbocycles. The summed E-state index contributed by atoms with van der Waals surface area (Å²) in [5.74, 6) is 0.418. The highest BCUT2D eigenvalue weighted by Gasteiger charge is 2.14. The lowest BCUT2D eigenvalue weighted by Gasteiger charge is -2.11. The standard InChI is InChI=1S/C17H19NO3/c1-5-21-17(19)13-7-8-15(18-12(13)3)14-10-11(2)6-9-16(14)20-4/h6-10H,5H2,1-4H3. The number of aromatic nitrogens is 1. The van der Waals surface area contributed by atoms with E-state index in [1.54, 1.807) is 27.0 Å². The molecule has 0 unspecified atom stereocenters. The van der Waals surface area contributed by atoms with E-state index in [1.165, 1.54) is 0 Å². The number of benzene rings is 1. The number of hydrogen-bond acceptors (Lipinski definition) is 4. The summed E-state index contributed by atoms with van der Waals surface area (Å²) in [5.41, 5.74) is 3.96. The second-order valence-electron chi connectivity index (χ2n) is 4.75. The Balaban J connectivity index is 2.45. The van der Waals surface area contributed by atoms with Gasteiger partial charge in [-0.05, 0) is 45.0 Å². The molecule has 110 valence electrons. The zero-order valence-corrected chi connectivity index (χ0v) is 12.8. The molecular weight excluding hydrogens is 266 g/mol. The number of esters is 1. The first kappa shape index (κ1) is 15.0. The molecule has 21 heavy (non-hydrogen) atoms. The second kappa shape index (κ2) is 6.39. The Morgan fingerprint density at radius 1 is 1.19 bits per heavy atom. The third kappa shape index (κ3) is 3.21. The number of hydrogen-bond donors (Lipinski definition) is 0. The van der Waals surface area contributed by atoms with Gasteiger partial charge < -0.3 is 9.47 Å². The van der Waals surface area contributed by atoms with Crippen LogP contribution in [0.2, 0.25) is 0 Å². The molecule has 0 amide bonds. The van der Waals surface area contributed by atoms with Crippen molar-refractivity contribution in [3.63, 3.8) is 0 Å². The summed E-state index contributed by atoms with van der Waals surface area (Å²) < 4.78 is 10.4. The quantitative estimate of drug-likeness (QED) is 0.806. The minimum absolute atomic E-state index is 0.342. The van der Waals surface area contributed by atoms with Crippen molar-refractivity contribution in [1.82, 2.24) is 4.98 Å². The van der Waals surface area contributed by atoms with Crippen LogP contribution in [0.5, 0.6) is 5.75 Å². The monoisotopic (exact) mass is 285 g/mol. The number of methoxy groups -OCH3 is 1. The Bertz CT molecular complexity index is 665. The molecular formula is C17H19NO3. The molecule has 4 nitrogen and oxygen atoms in total. The molecule has 0 saturated carbocycles. The average Bonchev–Trinajstić information content (AvgIpc) is 2.47. The second-order valence-corrected chi connectivity index (χ2v) is 4.75. The predicted molar refractivity (Wildman–Crippen MR) is 81.7 cm³/mol. The van der Waals surface area contributed by atoms with Crippen LogP contribution < -0.4 is 4.74 Å². The van der Waals surface area contributed by atoms with Crippen LogP contribution in [0.25, 0.3) is 11.3 Å². The molecule has 0 spiro atoms. The number of carbonyl (C=O) groups excluding carboxylic acids is 1. The molecule has 0 aliphatic heterocycles. The lowest BCUT2D eigenvalue weighted by molar-refractivity contribution is 0.0525. The summed E-state index contributed by atoms with van der Waals surface area (Å²) in [6, 6.07) is 9.49. The fraction of sp³-hybridized carbons (Fsp3) is 0.294. The van der Waals surface area contributed by atoms with Crippen molar-refractivity contribution in [2.24, 2.45) is 0 Å². The smallest absolute Gasteiger partial charge is 0.339 e. The highest BCUT2D eigenvalue weighted by molar-refractivity contribution is 5.91. The van der Waals surface area contributed by atoms with Crippen molar-refractivity contribution in [2.75, 3.05) is 13.7 Å². The Morgan fingerprint density at radius 2 is 1.95 bits per heavy atom. The van der Waals surface area contributed by atoms with Crippen LogP contribution in [0.4, 0.5) is 0 Å². The number of rotatable bonds is 4. The van der Waals surface area contributed by atoms with Crippen LogP contribution in [-0.4, -0.2) is 24.7 Å². The predicted octanol–water partition coefficient (Wildman–Crippen LogP) is 3.55. The van der Waals surface area contributed by atoms with Gasteiger partial charge in [0.25, 0.3) is 0 Å². The zero-order chi connectivity index (χ0) is 15.4. The van der Waals surface area contributed by atoms with Gasteiger partial charge in [-0.1, -0.05) is 11.6 Å². The van der Waals surface area contributed by atoms with Gasteiger partial charge in [-0.25, -0.2) is 4.79 Å². The number of aryl methyl sites for hydroxylation is 2. The molecule has 0 fully saturated rings. The van der Waals surface area contributed by atoms with Crippen molar-refractivity contribution < 1.29 is 14.3 Å². The van der Waals surface area contributed by atoms with Crippen molar-refractivity contribution in [3.8, 4) is 17.0 Å². The summed E-state index contributed by atoms with van der Waals surface area (Å²) >= 11 is 0. The fourth-order valence-electron chi connectivity index (χ4n) is 2.16. The van der Waals surface area contributed by atoms with Gasteiger partial charge in [-0.15, -0.1) is 0 Å². The van der Waals surface area contributed by atoms with Crippen LogP contribution in [0, 0.1) is 13.8 Å². The fourth-order valence-corrected chi connectivity index (χ4v) is 2.16. The number of ether oxygens (including phenoxy) is 2. The highest BCUT2D eigenvalue weighted by atomic mass is 16.5. The first-order chi connectivity index (χ1) is 10.1. The molecule has 1 aromatic heterocycles. The van der Waals surface area contributed by atoms with Gasteiger partial charge in [0.05, 0.1) is 30.7 Å². The average molecular weight is 285 g/mol. The van der Waals surface area contributed by atoms with Crippen LogP contribution in [0.15, 0.2) is 30.3 Å².